The molecule has 0 aromatic carbocycles. The minimum atomic E-state index is 0.354. The molecule has 0 radical (unpaired) electrons. The lowest BCUT2D eigenvalue weighted by atomic mass is 10.3. The van der Waals surface area contributed by atoms with E-state index in [0.29, 0.717) is 6.10 Å². The topological polar surface area (TPSA) is 21.3 Å². The van der Waals surface area contributed by atoms with Crippen LogP contribution in [0.15, 0.2) is 0 Å². The highest BCUT2D eigenvalue weighted by Crippen LogP contribution is 2.07. The molecule has 0 aromatic heterocycles. The largest absolute Gasteiger partial charge is 0.377 e. The van der Waals surface area contributed by atoms with Crippen LogP contribution in [-0.4, -0.2) is 37.3 Å². The van der Waals surface area contributed by atoms with E-state index >= 15 is 0 Å². The lowest BCUT2D eigenvalue weighted by Crippen LogP contribution is -2.23. The van der Waals surface area contributed by atoms with Gasteiger partial charge in [0, 0.05) is 11.8 Å². The lowest BCUT2D eigenvalue weighted by molar-refractivity contribution is 0.0809. The maximum Gasteiger partial charge on any atom is 0.0594 e. The molecule has 13 heavy (non-hydrogen) atoms. The molecule has 0 bridgehead atoms. The van der Waals surface area contributed by atoms with Crippen molar-refractivity contribution in [3.8, 4) is 0 Å². The van der Waals surface area contributed by atoms with Crippen LogP contribution in [0, 0.1) is 0 Å². The highest BCUT2D eigenvalue weighted by atomic mass is 32.2. The van der Waals surface area contributed by atoms with Gasteiger partial charge in [0.2, 0.25) is 0 Å². The molecule has 0 heterocycles. The van der Waals surface area contributed by atoms with Gasteiger partial charge in [-0.2, -0.15) is 11.8 Å². The zero-order valence-corrected chi connectivity index (χ0v) is 10.1. The Morgan fingerprint density at radius 2 is 1.92 bits per heavy atom. The van der Waals surface area contributed by atoms with Crippen molar-refractivity contribution in [3.63, 3.8) is 0 Å². The summed E-state index contributed by atoms with van der Waals surface area (Å²) in [6.45, 7) is 9.29. The summed E-state index contributed by atoms with van der Waals surface area (Å²) in [6, 6.07) is 0. The molecule has 0 rings (SSSR count). The molecule has 0 saturated carbocycles. The third-order valence-electron chi connectivity index (χ3n) is 1.86. The van der Waals surface area contributed by atoms with E-state index in [9.17, 15) is 0 Å². The van der Waals surface area contributed by atoms with E-state index in [2.05, 4.69) is 32.3 Å². The van der Waals surface area contributed by atoms with Gasteiger partial charge in [0.05, 0.1) is 12.7 Å². The Hall–Kier alpha value is 0.270. The van der Waals surface area contributed by atoms with E-state index in [0.717, 1.165) is 24.9 Å². The molecule has 0 fully saturated rings. The van der Waals surface area contributed by atoms with Gasteiger partial charge in [-0.3, -0.25) is 0 Å². The molecule has 1 unspecified atom stereocenters. The standard InChI is InChI=1S/C10H23NOS/c1-9(2)12-8-7-11-6-5-10(3)13-4/h9-11H,5-8H2,1-4H3. The van der Waals surface area contributed by atoms with Crippen LogP contribution in [0.5, 0.6) is 0 Å². The summed E-state index contributed by atoms with van der Waals surface area (Å²) in [6.07, 6.45) is 3.75. The van der Waals surface area contributed by atoms with Gasteiger partial charge < -0.3 is 10.1 Å². The normalized spacial score (nSPS) is 13.6. The molecule has 1 atom stereocenters. The van der Waals surface area contributed by atoms with E-state index in [1.54, 1.807) is 0 Å². The van der Waals surface area contributed by atoms with Crippen LogP contribution in [0.4, 0.5) is 0 Å². The first kappa shape index (κ1) is 13.3. The van der Waals surface area contributed by atoms with E-state index in [4.69, 9.17) is 4.74 Å². The number of hydrogen-bond donors (Lipinski definition) is 1. The van der Waals surface area contributed by atoms with Crippen LogP contribution >= 0.6 is 11.8 Å². The van der Waals surface area contributed by atoms with Gasteiger partial charge in [-0.25, -0.2) is 0 Å². The lowest BCUT2D eigenvalue weighted by Gasteiger charge is -2.10. The van der Waals surface area contributed by atoms with Gasteiger partial charge in [-0.05, 0) is 33.1 Å². The van der Waals surface area contributed by atoms with Gasteiger partial charge in [0.15, 0.2) is 0 Å². The predicted molar refractivity (Wildman–Crippen MR) is 61.6 cm³/mol. The average molecular weight is 205 g/mol. The van der Waals surface area contributed by atoms with Crippen LogP contribution in [0.25, 0.3) is 0 Å². The Bertz CT molecular complexity index is 109. The molecule has 3 heteroatoms. The smallest absolute Gasteiger partial charge is 0.0594 e. The Morgan fingerprint density at radius 1 is 1.23 bits per heavy atom. The molecule has 0 aliphatic rings. The second kappa shape index (κ2) is 8.85. The minimum Gasteiger partial charge on any atom is -0.377 e. The third-order valence-corrected chi connectivity index (χ3v) is 2.90. The number of ether oxygens (including phenoxy) is 1. The van der Waals surface area contributed by atoms with Gasteiger partial charge in [-0.1, -0.05) is 6.92 Å². The number of hydrogen-bond acceptors (Lipinski definition) is 3. The fraction of sp³-hybridized carbons (Fsp3) is 1.00. The molecule has 0 aromatic rings. The second-order valence-corrected chi connectivity index (χ2v) is 4.78. The van der Waals surface area contributed by atoms with Gasteiger partial charge >= 0.3 is 0 Å². The maximum atomic E-state index is 5.41. The minimum absolute atomic E-state index is 0.354. The van der Waals surface area contributed by atoms with E-state index in [-0.39, 0.29) is 0 Å². The summed E-state index contributed by atoms with van der Waals surface area (Å²) in [5.74, 6) is 0. The summed E-state index contributed by atoms with van der Waals surface area (Å²) >= 11 is 1.92. The molecule has 0 aliphatic heterocycles. The summed E-state index contributed by atoms with van der Waals surface area (Å²) in [4.78, 5) is 0. The van der Waals surface area contributed by atoms with Crippen molar-refractivity contribution in [1.82, 2.24) is 5.32 Å². The van der Waals surface area contributed by atoms with Crippen molar-refractivity contribution >= 4 is 11.8 Å². The highest BCUT2D eigenvalue weighted by molar-refractivity contribution is 7.99. The van der Waals surface area contributed by atoms with Crippen molar-refractivity contribution in [3.05, 3.63) is 0 Å². The van der Waals surface area contributed by atoms with Crippen LogP contribution < -0.4 is 5.32 Å². The van der Waals surface area contributed by atoms with Gasteiger partial charge in [-0.15, -0.1) is 0 Å². The quantitative estimate of drug-likeness (QED) is 0.614. The fourth-order valence-corrected chi connectivity index (χ4v) is 1.27. The van der Waals surface area contributed by atoms with Crippen molar-refractivity contribution in [2.45, 2.75) is 38.5 Å². The first-order chi connectivity index (χ1) is 6.16. The number of nitrogens with one attached hydrogen (secondary N) is 1. The third kappa shape index (κ3) is 10.2. The SMILES string of the molecule is CSC(C)CCNCCOC(C)C. The Morgan fingerprint density at radius 3 is 2.46 bits per heavy atom. The summed E-state index contributed by atoms with van der Waals surface area (Å²) in [5, 5.41) is 4.13. The van der Waals surface area contributed by atoms with Crippen LogP contribution in [0.2, 0.25) is 0 Å². The average Bonchev–Trinajstić information content (AvgIpc) is 2.10. The Labute approximate surface area is 86.8 Å². The molecular weight excluding hydrogens is 182 g/mol. The van der Waals surface area contributed by atoms with Crippen molar-refractivity contribution in [2.75, 3.05) is 26.0 Å². The van der Waals surface area contributed by atoms with Crippen LogP contribution in [0.1, 0.15) is 27.2 Å². The van der Waals surface area contributed by atoms with Gasteiger partial charge in [0.1, 0.15) is 0 Å². The summed E-state index contributed by atoms with van der Waals surface area (Å²) in [7, 11) is 0. The summed E-state index contributed by atoms with van der Waals surface area (Å²) in [5.41, 5.74) is 0. The van der Waals surface area contributed by atoms with Crippen LogP contribution in [0.3, 0.4) is 0 Å². The molecule has 0 aliphatic carbocycles. The Kier molecular flexibility index (Phi) is 9.03. The highest BCUT2D eigenvalue weighted by Gasteiger charge is 1.97. The van der Waals surface area contributed by atoms with Crippen molar-refractivity contribution in [1.29, 1.82) is 0 Å². The zero-order valence-electron chi connectivity index (χ0n) is 9.30. The molecular formula is C10H23NOS. The molecule has 2 nitrogen and oxygen atoms in total. The molecule has 1 N–H and O–H groups in total. The fourth-order valence-electron chi connectivity index (χ4n) is 0.915. The predicted octanol–water partition coefficient (Wildman–Crippen LogP) is 2.14. The summed E-state index contributed by atoms with van der Waals surface area (Å²) < 4.78 is 5.41. The number of rotatable bonds is 8. The van der Waals surface area contributed by atoms with Crippen molar-refractivity contribution < 1.29 is 4.74 Å². The van der Waals surface area contributed by atoms with E-state index in [1.807, 2.05) is 11.8 Å². The monoisotopic (exact) mass is 205 g/mol. The molecule has 80 valence electrons. The van der Waals surface area contributed by atoms with E-state index < -0.39 is 0 Å². The van der Waals surface area contributed by atoms with Crippen molar-refractivity contribution in [2.24, 2.45) is 0 Å². The molecule has 0 spiro atoms. The molecule has 0 amide bonds. The second-order valence-electron chi connectivity index (χ2n) is 3.50. The van der Waals surface area contributed by atoms with Crippen LogP contribution in [-0.2, 0) is 4.74 Å². The Balaban J connectivity index is 2.99. The maximum absolute atomic E-state index is 5.41. The number of thioether (sulfide) groups is 1. The van der Waals surface area contributed by atoms with E-state index in [1.165, 1.54) is 6.42 Å². The first-order valence-corrected chi connectivity index (χ1v) is 6.30. The molecule has 0 saturated heterocycles. The zero-order chi connectivity index (χ0) is 10.1. The van der Waals surface area contributed by atoms with Gasteiger partial charge in [0.25, 0.3) is 0 Å². The first-order valence-electron chi connectivity index (χ1n) is 5.02.